The molecule has 0 spiro atoms. The Bertz CT molecular complexity index is 3020. The van der Waals surface area contributed by atoms with Crippen LogP contribution in [0.3, 0.4) is 0 Å². The molecule has 4 heterocycles. The fourth-order valence-electron chi connectivity index (χ4n) is 8.62. The minimum Gasteiger partial charge on any atom is -0.135 e. The maximum atomic E-state index is 2.49. The van der Waals surface area contributed by atoms with E-state index in [1.165, 1.54) is 110 Å². The molecule has 7 aromatic carbocycles. The van der Waals surface area contributed by atoms with Crippen molar-refractivity contribution >= 4 is 108 Å². The molecule has 0 bridgehead atoms. The molecule has 0 amide bonds. The third-order valence-electron chi connectivity index (χ3n) is 10.8. The summed E-state index contributed by atoms with van der Waals surface area (Å²) < 4.78 is 5.43. The lowest BCUT2D eigenvalue weighted by Gasteiger charge is -2.22. The normalized spacial score (nSPS) is 16.2. The lowest BCUT2D eigenvalue weighted by Crippen LogP contribution is -2.05. The number of thiophene rings is 2. The molecule has 2 aromatic heterocycles. The molecule has 4 heteroatoms. The van der Waals surface area contributed by atoms with Crippen molar-refractivity contribution in [2.45, 2.75) is 26.4 Å². The van der Waals surface area contributed by atoms with E-state index in [-0.39, 0.29) is 0 Å². The van der Waals surface area contributed by atoms with Gasteiger partial charge in [-0.25, -0.2) is 0 Å². The van der Waals surface area contributed by atoms with E-state index in [2.05, 4.69) is 140 Å². The van der Waals surface area contributed by atoms with E-state index in [0.717, 1.165) is 6.42 Å². The van der Waals surface area contributed by atoms with Crippen LogP contribution in [0.1, 0.15) is 17.5 Å². The number of hydrogen-bond acceptors (Lipinski definition) is 4. The van der Waals surface area contributed by atoms with Crippen LogP contribution >= 0.6 is 46.2 Å². The van der Waals surface area contributed by atoms with Crippen molar-refractivity contribution in [2.24, 2.45) is 0 Å². The predicted molar refractivity (Wildman–Crippen MR) is 221 cm³/mol. The van der Waals surface area contributed by atoms with Crippen LogP contribution in [0.5, 0.6) is 0 Å². The van der Waals surface area contributed by atoms with Crippen LogP contribution in [0.25, 0.3) is 84.5 Å². The summed E-state index contributed by atoms with van der Waals surface area (Å²) in [6, 6.07) is 48.3. The van der Waals surface area contributed by atoms with Crippen LogP contribution in [0, 0.1) is 0 Å². The fourth-order valence-corrected chi connectivity index (χ4v) is 13.5. The van der Waals surface area contributed by atoms with Crippen molar-refractivity contribution in [3.63, 3.8) is 0 Å². The van der Waals surface area contributed by atoms with Gasteiger partial charge in [0.05, 0.1) is 0 Å². The quantitative estimate of drug-likeness (QED) is 0.176. The van der Waals surface area contributed by atoms with Gasteiger partial charge in [0, 0.05) is 65.7 Å². The summed E-state index contributed by atoms with van der Waals surface area (Å²) in [7, 11) is 0. The third-order valence-corrected chi connectivity index (χ3v) is 15.4. The number of hydrogen-bond donors (Lipinski definition) is 0. The fraction of sp³-hybridized carbons (Fsp3) is 0.0435. The van der Waals surface area contributed by atoms with Crippen molar-refractivity contribution in [3.05, 3.63) is 151 Å². The van der Waals surface area contributed by atoms with Crippen LogP contribution in [0.15, 0.2) is 154 Å². The Morgan fingerprint density at radius 3 is 2.24 bits per heavy atom. The zero-order chi connectivity index (χ0) is 32.5. The van der Waals surface area contributed by atoms with Crippen molar-refractivity contribution in [2.75, 3.05) is 0 Å². The second-order valence-corrected chi connectivity index (χ2v) is 17.9. The van der Waals surface area contributed by atoms with Crippen LogP contribution in [0.4, 0.5) is 0 Å². The van der Waals surface area contributed by atoms with Crippen LogP contribution in [-0.2, 0) is 0 Å². The average molecular weight is 707 g/mol. The van der Waals surface area contributed by atoms with Gasteiger partial charge in [-0.1, -0.05) is 109 Å². The lowest BCUT2D eigenvalue weighted by molar-refractivity contribution is 1.09. The van der Waals surface area contributed by atoms with Gasteiger partial charge in [-0.2, -0.15) is 0 Å². The zero-order valence-electron chi connectivity index (χ0n) is 26.7. The van der Waals surface area contributed by atoms with Gasteiger partial charge < -0.3 is 0 Å². The second-order valence-electron chi connectivity index (χ2n) is 13.4. The largest absolute Gasteiger partial charge is 0.135 e. The highest BCUT2D eigenvalue weighted by atomic mass is 32.2. The number of rotatable bonds is 2. The van der Waals surface area contributed by atoms with Crippen molar-refractivity contribution < 1.29 is 0 Å². The number of fused-ring (bicyclic) bond motifs is 12. The first-order chi connectivity index (χ1) is 24.8. The van der Waals surface area contributed by atoms with Gasteiger partial charge in [0.2, 0.25) is 0 Å². The van der Waals surface area contributed by atoms with Gasteiger partial charge >= 0.3 is 0 Å². The average Bonchev–Trinajstić information content (AvgIpc) is 3.85. The monoisotopic (exact) mass is 706 g/mol. The maximum Gasteiger partial charge on any atom is 0.0391 e. The molecular weight excluding hydrogens is 681 g/mol. The van der Waals surface area contributed by atoms with Crippen LogP contribution < -0.4 is 0 Å². The molecule has 12 rings (SSSR count). The molecular formula is C46H26S4. The summed E-state index contributed by atoms with van der Waals surface area (Å²) in [6.07, 6.45) is 5.84. The molecule has 0 fully saturated rings. The van der Waals surface area contributed by atoms with Gasteiger partial charge in [0.15, 0.2) is 0 Å². The van der Waals surface area contributed by atoms with Crippen molar-refractivity contribution in [1.29, 1.82) is 0 Å². The van der Waals surface area contributed by atoms with E-state index < -0.39 is 0 Å². The van der Waals surface area contributed by atoms with Gasteiger partial charge in [0.25, 0.3) is 0 Å². The molecule has 1 unspecified atom stereocenters. The molecule has 234 valence electrons. The Hall–Kier alpha value is -4.58. The van der Waals surface area contributed by atoms with Gasteiger partial charge in [0.1, 0.15) is 0 Å². The number of thioether (sulfide) groups is 1. The number of benzene rings is 7. The van der Waals surface area contributed by atoms with E-state index in [4.69, 9.17) is 0 Å². The Kier molecular flexibility index (Phi) is 5.90. The maximum absolute atomic E-state index is 2.49. The minimum absolute atomic E-state index is 0.507. The first-order valence-corrected chi connectivity index (χ1v) is 20.4. The Morgan fingerprint density at radius 1 is 0.460 bits per heavy atom. The summed E-state index contributed by atoms with van der Waals surface area (Å²) in [4.78, 5) is 4.10. The molecule has 3 aliphatic rings. The Morgan fingerprint density at radius 2 is 1.24 bits per heavy atom. The molecule has 0 saturated heterocycles. The van der Waals surface area contributed by atoms with Crippen molar-refractivity contribution in [1.82, 2.24) is 0 Å². The van der Waals surface area contributed by atoms with E-state index in [9.17, 15) is 0 Å². The van der Waals surface area contributed by atoms with E-state index in [1.807, 2.05) is 46.2 Å². The summed E-state index contributed by atoms with van der Waals surface area (Å²) in [5, 5.41) is 8.74. The van der Waals surface area contributed by atoms with E-state index >= 15 is 0 Å². The molecule has 50 heavy (non-hydrogen) atoms. The predicted octanol–water partition coefficient (Wildman–Crippen LogP) is 14.7. The first kappa shape index (κ1) is 28.2. The van der Waals surface area contributed by atoms with Crippen LogP contribution in [-0.4, -0.2) is 5.25 Å². The first-order valence-electron chi connectivity index (χ1n) is 17.1. The summed E-state index contributed by atoms with van der Waals surface area (Å²) in [5.41, 5.74) is 10.9. The Labute approximate surface area is 305 Å². The summed E-state index contributed by atoms with van der Waals surface area (Å²) in [6.45, 7) is 0. The molecule has 1 aliphatic carbocycles. The highest BCUT2D eigenvalue weighted by Gasteiger charge is 2.31. The highest BCUT2D eigenvalue weighted by molar-refractivity contribution is 8.01. The van der Waals surface area contributed by atoms with Crippen LogP contribution in [0.2, 0.25) is 0 Å². The molecule has 1 atom stereocenters. The molecule has 0 nitrogen and oxygen atoms in total. The Balaban J connectivity index is 1.03. The van der Waals surface area contributed by atoms with E-state index in [1.54, 1.807) is 0 Å². The minimum atomic E-state index is 0.507. The molecule has 0 N–H and O–H groups in total. The lowest BCUT2D eigenvalue weighted by atomic mass is 9.87. The summed E-state index contributed by atoms with van der Waals surface area (Å²) >= 11 is 7.79. The SMILES string of the molecule is C1=CC(c2ccc3c(c2)sc2cc4c5c(cccc5c23)Sc2cc(-c3cccc5sc6ccccc6c35)ccc2-4)=C2c3ccccc3SC2C1. The molecule has 9 aromatic rings. The van der Waals surface area contributed by atoms with Gasteiger partial charge in [-0.15, -0.1) is 34.4 Å². The van der Waals surface area contributed by atoms with Gasteiger partial charge in [-0.05, 0) is 98.8 Å². The third kappa shape index (κ3) is 3.91. The van der Waals surface area contributed by atoms with Crippen molar-refractivity contribution in [3.8, 4) is 22.3 Å². The molecule has 0 radical (unpaired) electrons. The summed E-state index contributed by atoms with van der Waals surface area (Å²) in [5.74, 6) is 0. The second kappa shape index (κ2) is 10.5. The van der Waals surface area contributed by atoms with Gasteiger partial charge in [-0.3, -0.25) is 0 Å². The van der Waals surface area contributed by atoms with E-state index in [0.29, 0.717) is 5.25 Å². The molecule has 0 saturated carbocycles. The number of allylic oxidation sites excluding steroid dienone is 3. The molecule has 2 aliphatic heterocycles. The smallest absolute Gasteiger partial charge is 0.0391 e. The standard InChI is InChI=1S/C46H26S4/c1-3-13-35-30(8-1)43-27(10-5-15-37(43)47-35)25-18-20-29-34-24-42-45(33-12-7-17-39(46(33)34)49-40(29)22-25)32-21-19-26(23-41(32)50-42)28-11-6-16-38-44(28)31-9-2-4-14-36(31)48-38/h1-15,17-24,38H,16H2. The zero-order valence-corrected chi connectivity index (χ0v) is 30.0. The highest BCUT2D eigenvalue weighted by Crippen LogP contribution is 2.54. The topological polar surface area (TPSA) is 0 Å².